The molecule has 0 aliphatic heterocycles. The number of pyridine rings is 1. The number of rotatable bonds is 3. The Balaban J connectivity index is 2.42. The van der Waals surface area contributed by atoms with Gasteiger partial charge in [-0.05, 0) is 35.7 Å². The second-order valence-corrected chi connectivity index (χ2v) is 6.31. The fraction of sp³-hybridized carbons (Fsp3) is 0.214. The van der Waals surface area contributed by atoms with Gasteiger partial charge in [0.05, 0.1) is 5.02 Å². The lowest BCUT2D eigenvalue weighted by molar-refractivity contribution is 0.455. The van der Waals surface area contributed by atoms with Crippen LogP contribution in [0.2, 0.25) is 10.0 Å². The van der Waals surface area contributed by atoms with E-state index in [0.29, 0.717) is 21.7 Å². The summed E-state index contributed by atoms with van der Waals surface area (Å²) < 4.78 is 6.78. The van der Waals surface area contributed by atoms with Crippen LogP contribution in [0.5, 0.6) is 11.6 Å². The number of nitrogens with zero attached hydrogens (tertiary/aromatic N) is 1. The van der Waals surface area contributed by atoms with E-state index in [1.165, 1.54) is 6.07 Å². The predicted molar refractivity (Wildman–Crippen MR) is 87.0 cm³/mol. The quantitative estimate of drug-likeness (QED) is 0.753. The van der Waals surface area contributed by atoms with E-state index in [1.54, 1.807) is 0 Å². The van der Waals surface area contributed by atoms with Crippen LogP contribution >= 0.6 is 39.1 Å². The van der Waals surface area contributed by atoms with Crippen molar-refractivity contribution in [2.24, 2.45) is 0 Å². The summed E-state index contributed by atoms with van der Waals surface area (Å²) in [5.41, 5.74) is 6.72. The highest BCUT2D eigenvalue weighted by Gasteiger charge is 2.14. The molecule has 1 aromatic heterocycles. The Kier molecular flexibility index (Phi) is 4.78. The van der Waals surface area contributed by atoms with Gasteiger partial charge in [0.25, 0.3) is 0 Å². The molecular weight excluding hydrogens is 363 g/mol. The van der Waals surface area contributed by atoms with Crippen molar-refractivity contribution in [1.29, 1.82) is 0 Å². The molecule has 0 radical (unpaired) electrons. The molecule has 20 heavy (non-hydrogen) atoms. The summed E-state index contributed by atoms with van der Waals surface area (Å²) in [4.78, 5) is 4.07. The number of hydrogen-bond acceptors (Lipinski definition) is 3. The number of aromatic nitrogens is 1. The zero-order valence-electron chi connectivity index (χ0n) is 11.0. The number of benzene rings is 1. The maximum Gasteiger partial charge on any atom is 0.240 e. The molecule has 0 unspecified atom stereocenters. The first-order valence-corrected chi connectivity index (χ1v) is 7.52. The first-order valence-electron chi connectivity index (χ1n) is 5.97. The van der Waals surface area contributed by atoms with Crippen LogP contribution in [0.1, 0.15) is 25.3 Å². The first-order chi connectivity index (χ1) is 9.38. The van der Waals surface area contributed by atoms with Crippen molar-refractivity contribution in [2.75, 3.05) is 5.73 Å². The van der Waals surface area contributed by atoms with E-state index in [2.05, 4.69) is 34.8 Å². The second kappa shape index (κ2) is 6.20. The molecule has 0 bridgehead atoms. The molecule has 0 fully saturated rings. The second-order valence-electron chi connectivity index (χ2n) is 4.58. The molecule has 0 spiro atoms. The lowest BCUT2D eigenvalue weighted by Gasteiger charge is -2.14. The minimum absolute atomic E-state index is 0.189. The van der Waals surface area contributed by atoms with Crippen molar-refractivity contribution in [1.82, 2.24) is 4.98 Å². The van der Waals surface area contributed by atoms with E-state index in [-0.39, 0.29) is 11.7 Å². The molecule has 0 amide bonds. The third-order valence-electron chi connectivity index (χ3n) is 2.72. The van der Waals surface area contributed by atoms with Crippen molar-refractivity contribution in [3.05, 3.63) is 44.3 Å². The first kappa shape index (κ1) is 15.4. The van der Waals surface area contributed by atoms with Gasteiger partial charge in [-0.25, -0.2) is 0 Å². The Morgan fingerprint density at radius 3 is 2.55 bits per heavy atom. The van der Waals surface area contributed by atoms with E-state index >= 15 is 0 Å². The van der Waals surface area contributed by atoms with Crippen LogP contribution in [0.4, 0.5) is 5.82 Å². The number of ether oxygens (including phenoxy) is 1. The van der Waals surface area contributed by atoms with Crippen molar-refractivity contribution in [3.63, 3.8) is 0 Å². The minimum Gasteiger partial charge on any atom is -0.437 e. The average molecular weight is 376 g/mol. The van der Waals surface area contributed by atoms with Gasteiger partial charge in [0.15, 0.2) is 0 Å². The van der Waals surface area contributed by atoms with Gasteiger partial charge in [-0.15, -0.1) is 0 Å². The zero-order chi connectivity index (χ0) is 14.9. The summed E-state index contributed by atoms with van der Waals surface area (Å²) in [6.45, 7) is 4.17. The van der Waals surface area contributed by atoms with Crippen LogP contribution in [-0.4, -0.2) is 4.98 Å². The lowest BCUT2D eigenvalue weighted by atomic mass is 10.0. The summed E-state index contributed by atoms with van der Waals surface area (Å²) in [6, 6.07) is 7.29. The van der Waals surface area contributed by atoms with Gasteiger partial charge in [0.2, 0.25) is 5.88 Å². The third kappa shape index (κ3) is 3.37. The zero-order valence-corrected chi connectivity index (χ0v) is 14.1. The fourth-order valence-electron chi connectivity index (χ4n) is 1.70. The number of hydrogen-bond donors (Lipinski definition) is 1. The molecule has 0 aliphatic rings. The molecule has 2 N–H and O–H groups in total. The van der Waals surface area contributed by atoms with E-state index in [0.717, 1.165) is 10.0 Å². The Hall–Kier alpha value is -0.970. The van der Waals surface area contributed by atoms with Gasteiger partial charge in [-0.1, -0.05) is 53.0 Å². The molecule has 3 nitrogen and oxygen atoms in total. The molecule has 0 aliphatic carbocycles. The monoisotopic (exact) mass is 374 g/mol. The van der Waals surface area contributed by atoms with E-state index < -0.39 is 0 Å². The van der Waals surface area contributed by atoms with Crippen LogP contribution in [0, 0.1) is 0 Å². The molecule has 0 saturated heterocycles. The fourth-order valence-corrected chi connectivity index (χ4v) is 2.48. The van der Waals surface area contributed by atoms with Gasteiger partial charge in [-0.2, -0.15) is 4.98 Å². The Morgan fingerprint density at radius 1 is 1.20 bits per heavy atom. The minimum atomic E-state index is 0.189. The number of nitrogen functional groups attached to an aromatic ring is 1. The van der Waals surface area contributed by atoms with Crippen molar-refractivity contribution in [3.8, 4) is 11.6 Å². The molecule has 2 rings (SSSR count). The molecular formula is C14H13BrCl2N2O. The number of halogens is 3. The lowest BCUT2D eigenvalue weighted by Crippen LogP contribution is -1.98. The van der Waals surface area contributed by atoms with Crippen LogP contribution in [-0.2, 0) is 0 Å². The van der Waals surface area contributed by atoms with Crippen molar-refractivity contribution < 1.29 is 4.74 Å². The van der Waals surface area contributed by atoms with E-state index in [9.17, 15) is 0 Å². The number of nitrogens with two attached hydrogens (primary N) is 1. The molecule has 0 saturated carbocycles. The maximum atomic E-state index is 6.08. The van der Waals surface area contributed by atoms with Crippen molar-refractivity contribution in [2.45, 2.75) is 19.8 Å². The Labute approximate surface area is 136 Å². The van der Waals surface area contributed by atoms with Crippen LogP contribution in [0.25, 0.3) is 0 Å². The normalized spacial score (nSPS) is 10.9. The summed E-state index contributed by atoms with van der Waals surface area (Å²) >= 11 is 15.4. The maximum absolute atomic E-state index is 6.08. The topological polar surface area (TPSA) is 48.1 Å². The molecule has 1 aromatic carbocycles. The summed E-state index contributed by atoms with van der Waals surface area (Å²) in [7, 11) is 0. The highest BCUT2D eigenvalue weighted by Crippen LogP contribution is 2.36. The average Bonchev–Trinajstić information content (AvgIpc) is 2.37. The molecule has 0 atom stereocenters. The van der Waals surface area contributed by atoms with E-state index in [4.69, 9.17) is 33.7 Å². The van der Waals surface area contributed by atoms with Crippen LogP contribution in [0.15, 0.2) is 28.7 Å². The molecule has 106 valence electrons. The van der Waals surface area contributed by atoms with Crippen LogP contribution in [0.3, 0.4) is 0 Å². The summed E-state index contributed by atoms with van der Waals surface area (Å²) in [5.74, 6) is 1.43. The predicted octanol–water partition coefficient (Wildman–Crippen LogP) is 5.65. The Morgan fingerprint density at radius 2 is 1.90 bits per heavy atom. The smallest absolute Gasteiger partial charge is 0.240 e. The summed E-state index contributed by atoms with van der Waals surface area (Å²) in [5, 5.41) is 0.629. The highest BCUT2D eigenvalue weighted by atomic mass is 79.9. The summed E-state index contributed by atoms with van der Waals surface area (Å²) in [6.07, 6.45) is 0. The number of anilines is 1. The van der Waals surface area contributed by atoms with E-state index in [1.807, 2.05) is 18.2 Å². The Bertz CT molecular complexity index is 647. The van der Waals surface area contributed by atoms with Gasteiger partial charge >= 0.3 is 0 Å². The van der Waals surface area contributed by atoms with Gasteiger partial charge in [-0.3, -0.25) is 0 Å². The van der Waals surface area contributed by atoms with Gasteiger partial charge in [0, 0.05) is 4.47 Å². The molecule has 1 heterocycles. The van der Waals surface area contributed by atoms with Crippen LogP contribution < -0.4 is 10.5 Å². The molecule has 2 aromatic rings. The third-order valence-corrected chi connectivity index (χ3v) is 3.79. The highest BCUT2D eigenvalue weighted by molar-refractivity contribution is 9.10. The largest absolute Gasteiger partial charge is 0.437 e. The van der Waals surface area contributed by atoms with Gasteiger partial charge in [0.1, 0.15) is 16.6 Å². The standard InChI is InChI=1S/C14H13BrCl2N2O/c1-7(2)9-5-8(15)3-4-12(9)20-14-11(17)6-10(16)13(18)19-14/h3-7H,1-2H3,(H2,18,19). The molecule has 6 heteroatoms. The van der Waals surface area contributed by atoms with Gasteiger partial charge < -0.3 is 10.5 Å². The van der Waals surface area contributed by atoms with Crippen molar-refractivity contribution >= 4 is 44.9 Å². The SMILES string of the molecule is CC(C)c1cc(Br)ccc1Oc1nc(N)c(Cl)cc1Cl.